The average Bonchev–Trinajstić information content (AvgIpc) is 2.91. The second-order valence-electron chi connectivity index (χ2n) is 5.47. The van der Waals surface area contributed by atoms with E-state index in [0.29, 0.717) is 37.6 Å². The number of guanidine groups is 1. The summed E-state index contributed by atoms with van der Waals surface area (Å²) in [5.41, 5.74) is 0.319. The third kappa shape index (κ3) is 5.37. The number of aryl methyl sites for hydroxylation is 1. The molecule has 0 fully saturated rings. The second-order valence-corrected chi connectivity index (χ2v) is 5.47. The molecule has 0 saturated heterocycles. The van der Waals surface area contributed by atoms with Crippen molar-refractivity contribution in [1.82, 2.24) is 25.4 Å². The Morgan fingerprint density at radius 1 is 1.32 bits per heavy atom. The minimum absolute atomic E-state index is 0.319. The average molecular weight is 348 g/mol. The second kappa shape index (κ2) is 8.91. The van der Waals surface area contributed by atoms with Crippen LogP contribution in [0.5, 0.6) is 0 Å². The van der Waals surface area contributed by atoms with Gasteiger partial charge in [0, 0.05) is 20.1 Å². The number of halogens is 2. The standard InChI is InChI=1S/C17H22F2N6/c1-4-8-20-17(22-11-16-24-23-12(2)25(16)3)21-9-7-13-10-14(18)5-6-15(13)19/h4-6,10H,1,7-9,11H2,2-3H3,(H2,20,21,22). The fourth-order valence-corrected chi connectivity index (χ4v) is 2.13. The van der Waals surface area contributed by atoms with E-state index in [1.54, 1.807) is 6.08 Å². The molecule has 0 aliphatic heterocycles. The van der Waals surface area contributed by atoms with E-state index >= 15 is 0 Å². The van der Waals surface area contributed by atoms with Gasteiger partial charge in [-0.2, -0.15) is 0 Å². The topological polar surface area (TPSA) is 67.1 Å². The molecule has 6 nitrogen and oxygen atoms in total. The van der Waals surface area contributed by atoms with Gasteiger partial charge in [0.05, 0.1) is 0 Å². The molecule has 2 rings (SSSR count). The van der Waals surface area contributed by atoms with Crippen molar-refractivity contribution < 1.29 is 8.78 Å². The van der Waals surface area contributed by atoms with Crippen molar-refractivity contribution in [2.45, 2.75) is 19.9 Å². The Bertz CT molecular complexity index is 754. The molecule has 0 saturated carbocycles. The quantitative estimate of drug-likeness (QED) is 0.455. The van der Waals surface area contributed by atoms with E-state index in [4.69, 9.17) is 0 Å². The first-order valence-corrected chi connectivity index (χ1v) is 7.93. The molecule has 8 heteroatoms. The van der Waals surface area contributed by atoms with Crippen molar-refractivity contribution in [3.8, 4) is 0 Å². The molecule has 0 atom stereocenters. The van der Waals surface area contributed by atoms with Gasteiger partial charge < -0.3 is 15.2 Å². The van der Waals surface area contributed by atoms with Crippen molar-refractivity contribution in [1.29, 1.82) is 0 Å². The van der Waals surface area contributed by atoms with Crippen molar-refractivity contribution in [3.63, 3.8) is 0 Å². The Kier molecular flexibility index (Phi) is 6.62. The number of rotatable bonds is 7. The van der Waals surface area contributed by atoms with Crippen LogP contribution in [0.2, 0.25) is 0 Å². The summed E-state index contributed by atoms with van der Waals surface area (Å²) >= 11 is 0. The lowest BCUT2D eigenvalue weighted by molar-refractivity contribution is 0.583. The van der Waals surface area contributed by atoms with E-state index in [1.807, 2.05) is 18.5 Å². The lowest BCUT2D eigenvalue weighted by atomic mass is 10.1. The van der Waals surface area contributed by atoms with Gasteiger partial charge >= 0.3 is 0 Å². The monoisotopic (exact) mass is 348 g/mol. The molecule has 0 radical (unpaired) electrons. The van der Waals surface area contributed by atoms with E-state index in [1.165, 1.54) is 6.07 Å². The summed E-state index contributed by atoms with van der Waals surface area (Å²) in [6, 6.07) is 3.44. The van der Waals surface area contributed by atoms with Crippen LogP contribution < -0.4 is 10.6 Å². The number of aromatic nitrogens is 3. The number of hydrogen-bond acceptors (Lipinski definition) is 3. The lowest BCUT2D eigenvalue weighted by Crippen LogP contribution is -2.38. The maximum atomic E-state index is 13.6. The van der Waals surface area contributed by atoms with Gasteiger partial charge in [0.25, 0.3) is 0 Å². The van der Waals surface area contributed by atoms with Gasteiger partial charge in [0.2, 0.25) is 0 Å². The van der Waals surface area contributed by atoms with Gasteiger partial charge in [0.15, 0.2) is 11.8 Å². The zero-order chi connectivity index (χ0) is 18.2. The number of hydrogen-bond donors (Lipinski definition) is 2. The number of nitrogens with zero attached hydrogens (tertiary/aromatic N) is 4. The third-order valence-electron chi connectivity index (χ3n) is 3.67. The SMILES string of the molecule is C=CCNC(=NCc1nnc(C)n1C)NCCc1cc(F)ccc1F. The van der Waals surface area contributed by atoms with Crippen molar-refractivity contribution >= 4 is 5.96 Å². The normalized spacial score (nSPS) is 11.4. The molecule has 0 amide bonds. The first-order valence-electron chi connectivity index (χ1n) is 7.93. The first-order chi connectivity index (χ1) is 12.0. The highest BCUT2D eigenvalue weighted by Gasteiger charge is 2.06. The molecule has 25 heavy (non-hydrogen) atoms. The van der Waals surface area contributed by atoms with Crippen LogP contribution in [0.3, 0.4) is 0 Å². The lowest BCUT2D eigenvalue weighted by Gasteiger charge is -2.12. The summed E-state index contributed by atoms with van der Waals surface area (Å²) in [6.45, 7) is 6.79. The van der Waals surface area contributed by atoms with Gasteiger partial charge in [-0.3, -0.25) is 0 Å². The van der Waals surface area contributed by atoms with Gasteiger partial charge in [-0.05, 0) is 37.1 Å². The highest BCUT2D eigenvalue weighted by molar-refractivity contribution is 5.79. The fraction of sp³-hybridized carbons (Fsp3) is 0.353. The van der Waals surface area contributed by atoms with E-state index in [0.717, 1.165) is 23.8 Å². The summed E-state index contributed by atoms with van der Waals surface area (Å²) in [4.78, 5) is 4.43. The third-order valence-corrected chi connectivity index (χ3v) is 3.67. The summed E-state index contributed by atoms with van der Waals surface area (Å²) in [6.07, 6.45) is 2.04. The van der Waals surface area contributed by atoms with Crippen LogP contribution in [0.15, 0.2) is 35.8 Å². The van der Waals surface area contributed by atoms with Crippen molar-refractivity contribution in [2.75, 3.05) is 13.1 Å². The summed E-state index contributed by atoms with van der Waals surface area (Å²) in [5, 5.41) is 14.2. The number of benzene rings is 1. The highest BCUT2D eigenvalue weighted by atomic mass is 19.1. The van der Waals surface area contributed by atoms with Crippen LogP contribution in [0.25, 0.3) is 0 Å². The highest BCUT2D eigenvalue weighted by Crippen LogP contribution is 2.09. The zero-order valence-electron chi connectivity index (χ0n) is 14.4. The molecule has 2 N–H and O–H groups in total. The van der Waals surface area contributed by atoms with Crippen LogP contribution in [0.1, 0.15) is 17.2 Å². The first kappa shape index (κ1) is 18.6. The molecule has 0 unspecified atom stereocenters. The molecule has 0 aliphatic rings. The van der Waals surface area contributed by atoms with Crippen LogP contribution in [-0.2, 0) is 20.0 Å². The van der Waals surface area contributed by atoms with Crippen LogP contribution in [0, 0.1) is 18.6 Å². The van der Waals surface area contributed by atoms with Gasteiger partial charge in [0.1, 0.15) is 24.0 Å². The van der Waals surface area contributed by atoms with Crippen LogP contribution >= 0.6 is 0 Å². The maximum Gasteiger partial charge on any atom is 0.191 e. The summed E-state index contributed by atoms with van der Waals surface area (Å²) < 4.78 is 28.7. The molecular formula is C17H22F2N6. The van der Waals surface area contributed by atoms with Crippen LogP contribution in [-0.4, -0.2) is 33.8 Å². The fourth-order valence-electron chi connectivity index (χ4n) is 2.13. The van der Waals surface area contributed by atoms with E-state index in [-0.39, 0.29) is 0 Å². The Morgan fingerprint density at radius 3 is 2.80 bits per heavy atom. The largest absolute Gasteiger partial charge is 0.356 e. The Balaban J connectivity index is 1.97. The molecule has 0 bridgehead atoms. The van der Waals surface area contributed by atoms with Gasteiger partial charge in [-0.1, -0.05) is 6.08 Å². The Hall–Kier alpha value is -2.77. The smallest absolute Gasteiger partial charge is 0.191 e. The summed E-state index contributed by atoms with van der Waals surface area (Å²) in [7, 11) is 1.87. The zero-order valence-corrected chi connectivity index (χ0v) is 14.4. The van der Waals surface area contributed by atoms with E-state index < -0.39 is 11.6 Å². The Labute approximate surface area is 145 Å². The minimum atomic E-state index is -0.451. The summed E-state index contributed by atoms with van der Waals surface area (Å²) in [5.74, 6) is 1.20. The van der Waals surface area contributed by atoms with Crippen molar-refractivity contribution in [2.24, 2.45) is 12.0 Å². The van der Waals surface area contributed by atoms with Gasteiger partial charge in [-0.15, -0.1) is 16.8 Å². The van der Waals surface area contributed by atoms with Gasteiger partial charge in [-0.25, -0.2) is 13.8 Å². The maximum absolute atomic E-state index is 13.6. The van der Waals surface area contributed by atoms with Crippen LogP contribution in [0.4, 0.5) is 8.78 Å². The predicted molar refractivity (Wildman–Crippen MR) is 93.1 cm³/mol. The molecule has 1 aromatic heterocycles. The molecule has 0 spiro atoms. The van der Waals surface area contributed by atoms with Crippen molar-refractivity contribution in [3.05, 3.63) is 59.7 Å². The molecule has 2 aromatic rings. The van der Waals surface area contributed by atoms with E-state index in [2.05, 4.69) is 32.4 Å². The molecule has 134 valence electrons. The molecule has 0 aliphatic carbocycles. The predicted octanol–water partition coefficient (Wildman–Crippen LogP) is 1.87. The molecular weight excluding hydrogens is 326 g/mol. The number of nitrogens with one attached hydrogen (secondary N) is 2. The molecule has 1 aromatic carbocycles. The number of aliphatic imine (C=N–C) groups is 1. The van der Waals surface area contributed by atoms with E-state index in [9.17, 15) is 8.78 Å². The Morgan fingerprint density at radius 2 is 2.12 bits per heavy atom. The minimum Gasteiger partial charge on any atom is -0.356 e. The molecule has 1 heterocycles.